The quantitative estimate of drug-likeness (QED) is 0.591. The zero-order valence-corrected chi connectivity index (χ0v) is 10.00. The first-order valence-corrected chi connectivity index (χ1v) is 5.94. The third-order valence-electron chi connectivity index (χ3n) is 3.28. The lowest BCUT2D eigenvalue weighted by Gasteiger charge is -2.29. The van der Waals surface area contributed by atoms with Crippen LogP contribution < -0.4 is 0 Å². The molecule has 0 spiro atoms. The van der Waals surface area contributed by atoms with Crippen molar-refractivity contribution in [1.82, 2.24) is 0 Å². The molecule has 0 amide bonds. The molecule has 0 aliphatic carbocycles. The van der Waals surface area contributed by atoms with Crippen LogP contribution in [-0.2, 0) is 6.42 Å². The molecule has 0 radical (unpaired) electrons. The molecule has 0 aliphatic rings. The summed E-state index contributed by atoms with van der Waals surface area (Å²) < 4.78 is 0. The van der Waals surface area contributed by atoms with Crippen molar-refractivity contribution < 1.29 is 0 Å². The van der Waals surface area contributed by atoms with E-state index in [1.54, 1.807) is 0 Å². The van der Waals surface area contributed by atoms with Gasteiger partial charge in [0.2, 0.25) is 0 Å². The number of allylic oxidation sites excluding steroid dienone is 1. The molecule has 0 N–H and O–H groups in total. The maximum Gasteiger partial charge on any atom is -0.00833 e. The summed E-state index contributed by atoms with van der Waals surface area (Å²) in [6, 6.07) is 10.7. The van der Waals surface area contributed by atoms with Gasteiger partial charge in [0.25, 0.3) is 0 Å². The minimum absolute atomic E-state index is 0.302. The monoisotopic (exact) mass is 202 g/mol. The Morgan fingerprint density at radius 2 is 1.87 bits per heavy atom. The molecular weight excluding hydrogens is 180 g/mol. The molecule has 0 saturated heterocycles. The van der Waals surface area contributed by atoms with Crippen molar-refractivity contribution in [2.75, 3.05) is 0 Å². The van der Waals surface area contributed by atoms with E-state index in [0.717, 1.165) is 6.42 Å². The van der Waals surface area contributed by atoms with Gasteiger partial charge in [0.1, 0.15) is 0 Å². The first kappa shape index (κ1) is 12.0. The van der Waals surface area contributed by atoms with Crippen molar-refractivity contribution in [3.63, 3.8) is 0 Å². The van der Waals surface area contributed by atoms with Gasteiger partial charge >= 0.3 is 0 Å². The van der Waals surface area contributed by atoms with Crippen LogP contribution in [-0.4, -0.2) is 0 Å². The Balaban J connectivity index is 2.78. The van der Waals surface area contributed by atoms with Crippen LogP contribution in [0.1, 0.15) is 38.7 Å². The third kappa shape index (κ3) is 3.23. The maximum atomic E-state index is 4.02. The zero-order chi connectivity index (χ0) is 11.1. The fourth-order valence-corrected chi connectivity index (χ4v) is 2.21. The van der Waals surface area contributed by atoms with Gasteiger partial charge < -0.3 is 0 Å². The Bertz CT molecular complexity index is 286. The van der Waals surface area contributed by atoms with Crippen molar-refractivity contribution in [3.05, 3.63) is 48.6 Å². The highest BCUT2D eigenvalue weighted by atomic mass is 14.3. The Labute approximate surface area is 94.0 Å². The second-order valence-electron chi connectivity index (χ2n) is 4.33. The number of rotatable bonds is 6. The molecule has 0 nitrogen and oxygen atoms in total. The van der Waals surface area contributed by atoms with E-state index in [4.69, 9.17) is 0 Å². The second kappa shape index (κ2) is 5.75. The van der Waals surface area contributed by atoms with Gasteiger partial charge in [0, 0.05) is 0 Å². The average molecular weight is 202 g/mol. The summed E-state index contributed by atoms with van der Waals surface area (Å²) in [5.74, 6) is 0. The van der Waals surface area contributed by atoms with E-state index < -0.39 is 0 Å². The smallest absolute Gasteiger partial charge is 0.00833 e. The zero-order valence-electron chi connectivity index (χ0n) is 10.00. The van der Waals surface area contributed by atoms with Crippen LogP contribution in [0.2, 0.25) is 0 Å². The van der Waals surface area contributed by atoms with Crippen molar-refractivity contribution in [1.29, 1.82) is 0 Å². The lowest BCUT2D eigenvalue weighted by Crippen LogP contribution is -2.19. The Hall–Kier alpha value is -1.04. The molecule has 1 aromatic rings. The number of hydrogen-bond acceptors (Lipinski definition) is 0. The van der Waals surface area contributed by atoms with E-state index in [1.165, 1.54) is 24.8 Å². The fourth-order valence-electron chi connectivity index (χ4n) is 2.21. The van der Waals surface area contributed by atoms with Gasteiger partial charge in [-0.15, -0.1) is 6.58 Å². The van der Waals surface area contributed by atoms with Crippen molar-refractivity contribution in [2.45, 2.75) is 39.5 Å². The van der Waals surface area contributed by atoms with Crippen LogP contribution in [0.3, 0.4) is 0 Å². The van der Waals surface area contributed by atoms with Crippen LogP contribution in [0.4, 0.5) is 0 Å². The van der Waals surface area contributed by atoms with E-state index in [2.05, 4.69) is 56.8 Å². The molecule has 1 rings (SSSR count). The Kier molecular flexibility index (Phi) is 4.61. The summed E-state index contributed by atoms with van der Waals surface area (Å²) in [7, 11) is 0. The highest BCUT2D eigenvalue weighted by Crippen LogP contribution is 2.33. The molecule has 0 heterocycles. The maximum absolute atomic E-state index is 4.02. The Morgan fingerprint density at radius 1 is 1.20 bits per heavy atom. The molecule has 0 fully saturated rings. The second-order valence-corrected chi connectivity index (χ2v) is 4.33. The lowest BCUT2D eigenvalue weighted by molar-refractivity contribution is 0.331. The van der Waals surface area contributed by atoms with Gasteiger partial charge in [0.15, 0.2) is 0 Å². The molecule has 0 aliphatic heterocycles. The Morgan fingerprint density at radius 3 is 2.33 bits per heavy atom. The molecule has 0 heteroatoms. The van der Waals surface area contributed by atoms with Crippen LogP contribution in [0.25, 0.3) is 0 Å². The highest BCUT2D eigenvalue weighted by Gasteiger charge is 2.23. The first-order valence-electron chi connectivity index (χ1n) is 5.94. The summed E-state index contributed by atoms with van der Waals surface area (Å²) >= 11 is 0. The minimum atomic E-state index is 0.302. The van der Waals surface area contributed by atoms with Crippen molar-refractivity contribution in [2.24, 2.45) is 5.41 Å². The first-order chi connectivity index (χ1) is 7.26. The highest BCUT2D eigenvalue weighted by molar-refractivity contribution is 5.18. The van der Waals surface area contributed by atoms with Gasteiger partial charge in [-0.1, -0.05) is 56.7 Å². The van der Waals surface area contributed by atoms with E-state index in [1.807, 2.05) is 0 Å². The topological polar surface area (TPSA) is 0 Å². The fraction of sp³-hybridized carbons (Fsp3) is 0.467. The normalized spacial score (nSPS) is 14.5. The molecule has 1 atom stereocenters. The van der Waals surface area contributed by atoms with E-state index in [-0.39, 0.29) is 0 Å². The molecule has 82 valence electrons. The van der Waals surface area contributed by atoms with Crippen LogP contribution in [0, 0.1) is 5.41 Å². The van der Waals surface area contributed by atoms with Crippen molar-refractivity contribution in [3.8, 4) is 0 Å². The van der Waals surface area contributed by atoms with Gasteiger partial charge in [-0.25, -0.2) is 0 Å². The van der Waals surface area contributed by atoms with Crippen molar-refractivity contribution >= 4 is 0 Å². The predicted octanol–water partition coefficient (Wildman–Crippen LogP) is 4.61. The molecule has 0 aromatic heterocycles. The molecule has 0 saturated carbocycles. The lowest BCUT2D eigenvalue weighted by atomic mass is 9.76. The van der Waals surface area contributed by atoms with E-state index in [0.29, 0.717) is 5.41 Å². The third-order valence-corrected chi connectivity index (χ3v) is 3.28. The molecule has 1 aromatic carbocycles. The predicted molar refractivity (Wildman–Crippen MR) is 68.0 cm³/mol. The van der Waals surface area contributed by atoms with E-state index >= 15 is 0 Å². The largest absolute Gasteiger partial charge is 0.103 e. The summed E-state index contributed by atoms with van der Waals surface area (Å²) in [6.45, 7) is 8.53. The van der Waals surface area contributed by atoms with Gasteiger partial charge in [-0.2, -0.15) is 0 Å². The van der Waals surface area contributed by atoms with Crippen LogP contribution in [0.5, 0.6) is 0 Å². The van der Waals surface area contributed by atoms with Crippen LogP contribution >= 0.6 is 0 Å². The average Bonchev–Trinajstić information content (AvgIpc) is 2.30. The van der Waals surface area contributed by atoms with Gasteiger partial charge in [0.05, 0.1) is 0 Å². The summed E-state index contributed by atoms with van der Waals surface area (Å²) in [5, 5.41) is 0. The molecule has 15 heavy (non-hydrogen) atoms. The van der Waals surface area contributed by atoms with Gasteiger partial charge in [-0.05, 0) is 30.2 Å². The summed E-state index contributed by atoms with van der Waals surface area (Å²) in [6.07, 6.45) is 6.93. The molecule has 0 unspecified atom stereocenters. The molecule has 0 bridgehead atoms. The number of benzene rings is 1. The van der Waals surface area contributed by atoms with Gasteiger partial charge in [-0.3, -0.25) is 0 Å². The summed E-state index contributed by atoms with van der Waals surface area (Å²) in [5.41, 5.74) is 1.73. The summed E-state index contributed by atoms with van der Waals surface area (Å²) in [4.78, 5) is 0. The minimum Gasteiger partial charge on any atom is -0.103 e. The molecular formula is C15H22. The van der Waals surface area contributed by atoms with E-state index in [9.17, 15) is 0 Å². The van der Waals surface area contributed by atoms with Crippen LogP contribution in [0.15, 0.2) is 43.0 Å². The SMILES string of the molecule is C=C[C@@](CC)(CCC)Cc1ccccc1. The number of hydrogen-bond donors (Lipinski definition) is 0. The standard InChI is InChI=1S/C15H22/c1-4-12-15(5-2,6-3)13-14-10-8-7-9-11-14/h5,7-11H,2,4,6,12-13H2,1,3H3/t15-/m1/s1.